The molecular weight excluding hydrogens is 270 g/mol. The second-order valence-corrected chi connectivity index (χ2v) is 5.09. The van der Waals surface area contributed by atoms with Crippen LogP contribution >= 0.6 is 11.6 Å². The Hall–Kier alpha value is -1.66. The van der Waals surface area contributed by atoms with E-state index in [1.165, 1.54) is 18.2 Å². The Bertz CT molecular complexity index is 521. The van der Waals surface area contributed by atoms with Gasteiger partial charge in [0.15, 0.2) is 0 Å². The van der Waals surface area contributed by atoms with Gasteiger partial charge >= 0.3 is 0 Å². The van der Waals surface area contributed by atoms with E-state index < -0.39 is 4.92 Å². The monoisotopic (exact) mass is 283 g/mol. The first-order valence-electron chi connectivity index (χ1n) is 5.94. The Morgan fingerprint density at radius 2 is 2.26 bits per heavy atom. The summed E-state index contributed by atoms with van der Waals surface area (Å²) < 4.78 is 0. The van der Waals surface area contributed by atoms with Crippen LogP contribution in [0.15, 0.2) is 18.2 Å². The molecule has 1 aromatic carbocycles. The molecule has 1 saturated heterocycles. The second-order valence-electron chi connectivity index (χ2n) is 4.65. The molecule has 6 nitrogen and oxygen atoms in total. The predicted octanol–water partition coefficient (Wildman–Crippen LogP) is 2.04. The van der Waals surface area contributed by atoms with E-state index in [4.69, 9.17) is 11.6 Å². The third-order valence-electron chi connectivity index (χ3n) is 3.27. The van der Waals surface area contributed by atoms with Crippen LogP contribution < -0.4 is 10.6 Å². The van der Waals surface area contributed by atoms with Crippen molar-refractivity contribution in [2.45, 2.75) is 6.92 Å². The fraction of sp³-hybridized carbons (Fsp3) is 0.417. The van der Waals surface area contributed by atoms with E-state index in [1.54, 1.807) is 0 Å². The molecule has 2 atom stereocenters. The Labute approximate surface area is 115 Å². The zero-order chi connectivity index (χ0) is 14.0. The van der Waals surface area contributed by atoms with Crippen LogP contribution in [0.3, 0.4) is 0 Å². The molecule has 0 radical (unpaired) electrons. The number of carbonyl (C=O) groups is 1. The largest absolute Gasteiger partial charge is 0.320 e. The number of nitrogens with zero attached hydrogens (tertiary/aromatic N) is 1. The number of nitro groups is 1. The van der Waals surface area contributed by atoms with Crippen LogP contribution in [0, 0.1) is 22.0 Å². The highest BCUT2D eigenvalue weighted by Gasteiger charge is 2.30. The van der Waals surface area contributed by atoms with Crippen molar-refractivity contribution in [1.82, 2.24) is 5.32 Å². The van der Waals surface area contributed by atoms with E-state index in [-0.39, 0.29) is 29.1 Å². The molecule has 102 valence electrons. The number of benzene rings is 1. The summed E-state index contributed by atoms with van der Waals surface area (Å²) in [5, 5.41) is 17.0. The summed E-state index contributed by atoms with van der Waals surface area (Å²) in [6, 6.07) is 4.11. The average Bonchev–Trinajstić information content (AvgIpc) is 2.75. The second kappa shape index (κ2) is 5.54. The van der Waals surface area contributed by atoms with Crippen molar-refractivity contribution in [1.29, 1.82) is 0 Å². The molecule has 19 heavy (non-hydrogen) atoms. The molecule has 0 saturated carbocycles. The van der Waals surface area contributed by atoms with E-state index in [9.17, 15) is 14.9 Å². The molecule has 1 aliphatic heterocycles. The highest BCUT2D eigenvalue weighted by atomic mass is 35.5. The van der Waals surface area contributed by atoms with E-state index in [1.807, 2.05) is 6.92 Å². The maximum absolute atomic E-state index is 12.1. The predicted molar refractivity (Wildman–Crippen MR) is 72.3 cm³/mol. The average molecular weight is 284 g/mol. The zero-order valence-electron chi connectivity index (χ0n) is 10.4. The Balaban J connectivity index is 2.20. The van der Waals surface area contributed by atoms with Crippen molar-refractivity contribution in [3.8, 4) is 0 Å². The number of amides is 1. The molecule has 1 aliphatic rings. The van der Waals surface area contributed by atoms with Gasteiger partial charge in [-0.25, -0.2) is 0 Å². The van der Waals surface area contributed by atoms with Crippen LogP contribution in [0.1, 0.15) is 6.92 Å². The summed E-state index contributed by atoms with van der Waals surface area (Å²) in [6.07, 6.45) is 0. The molecule has 0 bridgehead atoms. The normalized spacial score (nSPS) is 22.2. The Morgan fingerprint density at radius 3 is 2.84 bits per heavy atom. The fourth-order valence-electron chi connectivity index (χ4n) is 2.15. The topological polar surface area (TPSA) is 84.3 Å². The molecule has 1 fully saturated rings. The molecule has 7 heteroatoms. The van der Waals surface area contributed by atoms with Crippen LogP contribution in [0.25, 0.3) is 0 Å². The number of rotatable bonds is 3. The van der Waals surface area contributed by atoms with Gasteiger partial charge in [-0.3, -0.25) is 14.9 Å². The summed E-state index contributed by atoms with van der Waals surface area (Å²) >= 11 is 5.81. The first-order chi connectivity index (χ1) is 8.99. The van der Waals surface area contributed by atoms with Crippen LogP contribution in [-0.4, -0.2) is 23.9 Å². The number of hydrogen-bond donors (Lipinski definition) is 2. The first kappa shape index (κ1) is 13.8. The molecule has 0 unspecified atom stereocenters. The molecule has 0 aromatic heterocycles. The number of nitro benzene ring substituents is 1. The molecule has 1 aromatic rings. The van der Waals surface area contributed by atoms with Crippen molar-refractivity contribution in [3.63, 3.8) is 0 Å². The molecule has 2 rings (SSSR count). The van der Waals surface area contributed by atoms with Gasteiger partial charge in [-0.2, -0.15) is 0 Å². The fourth-order valence-corrected chi connectivity index (χ4v) is 2.33. The first-order valence-corrected chi connectivity index (χ1v) is 6.32. The number of anilines is 1. The molecule has 2 N–H and O–H groups in total. The molecular formula is C12H14ClN3O3. The quantitative estimate of drug-likeness (QED) is 0.657. The summed E-state index contributed by atoms with van der Waals surface area (Å²) in [5.41, 5.74) is -0.0158. The van der Waals surface area contributed by atoms with Gasteiger partial charge in [0.2, 0.25) is 5.91 Å². The van der Waals surface area contributed by atoms with E-state index in [0.29, 0.717) is 11.6 Å². The summed E-state index contributed by atoms with van der Waals surface area (Å²) in [4.78, 5) is 22.5. The smallest absolute Gasteiger partial charge is 0.292 e. The molecule has 0 aliphatic carbocycles. The van der Waals surface area contributed by atoms with Gasteiger partial charge in [-0.15, -0.1) is 0 Å². The van der Waals surface area contributed by atoms with Gasteiger partial charge < -0.3 is 10.6 Å². The molecule has 1 heterocycles. The lowest BCUT2D eigenvalue weighted by molar-refractivity contribution is -0.383. The van der Waals surface area contributed by atoms with E-state index in [2.05, 4.69) is 10.6 Å². The van der Waals surface area contributed by atoms with Gasteiger partial charge in [-0.1, -0.05) is 18.5 Å². The summed E-state index contributed by atoms with van der Waals surface area (Å²) in [7, 11) is 0. The Morgan fingerprint density at radius 1 is 1.53 bits per heavy atom. The summed E-state index contributed by atoms with van der Waals surface area (Å²) in [6.45, 7) is 3.33. The maximum Gasteiger partial charge on any atom is 0.292 e. The van der Waals surface area contributed by atoms with Crippen molar-refractivity contribution < 1.29 is 9.72 Å². The SMILES string of the molecule is C[C@@H]1CNC[C@H]1C(=O)Nc1cc(Cl)ccc1[N+](=O)[O-]. The van der Waals surface area contributed by atoms with Gasteiger partial charge in [0.1, 0.15) is 5.69 Å². The lowest BCUT2D eigenvalue weighted by Gasteiger charge is -2.14. The number of nitrogens with one attached hydrogen (secondary N) is 2. The minimum absolute atomic E-state index is 0.140. The van der Waals surface area contributed by atoms with Gasteiger partial charge in [0.05, 0.1) is 10.8 Å². The maximum atomic E-state index is 12.1. The van der Waals surface area contributed by atoms with Crippen LogP contribution in [0.5, 0.6) is 0 Å². The number of carbonyl (C=O) groups excluding carboxylic acids is 1. The third kappa shape index (κ3) is 3.02. The van der Waals surface area contributed by atoms with E-state index >= 15 is 0 Å². The van der Waals surface area contributed by atoms with Crippen molar-refractivity contribution in [2.24, 2.45) is 11.8 Å². The van der Waals surface area contributed by atoms with Crippen LogP contribution in [0.4, 0.5) is 11.4 Å². The van der Waals surface area contributed by atoms with Crippen molar-refractivity contribution >= 4 is 28.9 Å². The van der Waals surface area contributed by atoms with Crippen molar-refractivity contribution in [3.05, 3.63) is 33.3 Å². The van der Waals surface area contributed by atoms with Crippen molar-refractivity contribution in [2.75, 3.05) is 18.4 Å². The van der Waals surface area contributed by atoms with Gasteiger partial charge in [0, 0.05) is 17.6 Å². The van der Waals surface area contributed by atoms with Crippen LogP contribution in [-0.2, 0) is 4.79 Å². The van der Waals surface area contributed by atoms with E-state index in [0.717, 1.165) is 6.54 Å². The molecule has 0 spiro atoms. The lowest BCUT2D eigenvalue weighted by atomic mass is 9.97. The van der Waals surface area contributed by atoms with Gasteiger partial charge in [0.25, 0.3) is 5.69 Å². The Kier molecular flexibility index (Phi) is 4.01. The minimum Gasteiger partial charge on any atom is -0.320 e. The van der Waals surface area contributed by atoms with Crippen LogP contribution in [0.2, 0.25) is 5.02 Å². The van der Waals surface area contributed by atoms with Gasteiger partial charge in [-0.05, 0) is 24.6 Å². The highest BCUT2D eigenvalue weighted by Crippen LogP contribution is 2.29. The lowest BCUT2D eigenvalue weighted by Crippen LogP contribution is -2.28. The molecule has 1 amide bonds. The third-order valence-corrected chi connectivity index (χ3v) is 3.50. The highest BCUT2D eigenvalue weighted by molar-refractivity contribution is 6.31. The zero-order valence-corrected chi connectivity index (χ0v) is 11.1. The standard InChI is InChI=1S/C12H14ClN3O3/c1-7-5-14-6-9(7)12(17)15-10-4-8(13)2-3-11(10)16(18)19/h2-4,7,9,14H,5-6H2,1H3,(H,15,17)/t7-,9-/m1/s1. The number of hydrogen-bond acceptors (Lipinski definition) is 4. The number of halogens is 1. The minimum atomic E-state index is -0.539. The summed E-state index contributed by atoms with van der Waals surface area (Å²) in [5.74, 6) is -0.195.